The fourth-order valence-corrected chi connectivity index (χ4v) is 4.63. The van der Waals surface area contributed by atoms with Gasteiger partial charge in [0, 0.05) is 44.7 Å². The number of likely N-dealkylation sites (tertiary alicyclic amines) is 1. The molecule has 144 valence electrons. The first-order chi connectivity index (χ1) is 13.2. The Morgan fingerprint density at radius 1 is 1.30 bits per heavy atom. The molecule has 4 rings (SSSR count). The van der Waals surface area contributed by atoms with E-state index < -0.39 is 0 Å². The maximum Gasteiger partial charge on any atom is 0.263 e. The molecule has 27 heavy (non-hydrogen) atoms. The summed E-state index contributed by atoms with van der Waals surface area (Å²) in [5, 5.41) is 3.88. The number of hydrogen-bond acceptors (Lipinski definition) is 7. The molecule has 0 saturated carbocycles. The molecule has 2 aromatic rings. The van der Waals surface area contributed by atoms with E-state index in [1.54, 1.807) is 18.5 Å². The Morgan fingerprint density at radius 3 is 2.78 bits per heavy atom. The van der Waals surface area contributed by atoms with Crippen LogP contribution in [-0.2, 0) is 4.74 Å². The molecule has 7 nitrogen and oxygen atoms in total. The Balaban J connectivity index is 1.31. The topological polar surface area (TPSA) is 80.2 Å². The van der Waals surface area contributed by atoms with Gasteiger partial charge in [0.1, 0.15) is 4.88 Å². The third-order valence-electron chi connectivity index (χ3n) is 5.22. The smallest absolute Gasteiger partial charge is 0.263 e. The Hall–Kier alpha value is -1.90. The molecule has 0 bridgehead atoms. The van der Waals surface area contributed by atoms with Gasteiger partial charge >= 0.3 is 0 Å². The quantitative estimate of drug-likeness (QED) is 0.847. The van der Waals surface area contributed by atoms with E-state index in [1.165, 1.54) is 17.8 Å². The van der Waals surface area contributed by atoms with Crippen LogP contribution in [0.4, 0.5) is 0 Å². The number of nitrogens with one attached hydrogen (secondary N) is 1. The summed E-state index contributed by atoms with van der Waals surface area (Å²) in [4.78, 5) is 28.8. The molecule has 1 unspecified atom stereocenters. The van der Waals surface area contributed by atoms with Crippen molar-refractivity contribution in [3.8, 4) is 10.8 Å². The van der Waals surface area contributed by atoms with Crippen LogP contribution in [0.1, 0.15) is 34.6 Å². The Kier molecular flexibility index (Phi) is 5.75. The van der Waals surface area contributed by atoms with Gasteiger partial charge in [0.15, 0.2) is 10.8 Å². The summed E-state index contributed by atoms with van der Waals surface area (Å²) in [6.07, 6.45) is 6.53. The lowest BCUT2D eigenvalue weighted by molar-refractivity contribution is 0.0906. The summed E-state index contributed by atoms with van der Waals surface area (Å²) >= 11 is 1.36. The van der Waals surface area contributed by atoms with E-state index in [4.69, 9.17) is 4.74 Å². The average molecular weight is 388 g/mol. The van der Waals surface area contributed by atoms with Crippen LogP contribution in [0.25, 0.3) is 10.8 Å². The van der Waals surface area contributed by atoms with Gasteiger partial charge in [-0.2, -0.15) is 0 Å². The number of thiazole rings is 1. The lowest BCUT2D eigenvalue weighted by Crippen LogP contribution is -2.45. The van der Waals surface area contributed by atoms with Crippen molar-refractivity contribution in [3.63, 3.8) is 0 Å². The van der Waals surface area contributed by atoms with E-state index in [9.17, 15) is 4.79 Å². The van der Waals surface area contributed by atoms with E-state index >= 15 is 0 Å². The lowest BCUT2D eigenvalue weighted by atomic mass is 10.0. The summed E-state index contributed by atoms with van der Waals surface area (Å²) in [5.41, 5.74) is 0.735. The second-order valence-electron chi connectivity index (χ2n) is 7.28. The normalized spacial score (nSPS) is 21.4. The van der Waals surface area contributed by atoms with Crippen molar-refractivity contribution in [1.82, 2.24) is 25.2 Å². The second kappa shape index (κ2) is 8.41. The van der Waals surface area contributed by atoms with E-state index in [-0.39, 0.29) is 11.9 Å². The van der Waals surface area contributed by atoms with Gasteiger partial charge in [0.2, 0.25) is 0 Å². The predicted molar refractivity (Wildman–Crippen MR) is 104 cm³/mol. The Labute approximate surface area is 163 Å². The number of hydrogen-bond donors (Lipinski definition) is 1. The maximum absolute atomic E-state index is 12.7. The summed E-state index contributed by atoms with van der Waals surface area (Å²) in [6, 6.07) is 2.00. The first-order valence-corrected chi connectivity index (χ1v) is 10.4. The number of nitrogens with zero attached hydrogens (tertiary/aromatic N) is 4. The van der Waals surface area contributed by atoms with Crippen molar-refractivity contribution in [1.29, 1.82) is 0 Å². The minimum atomic E-state index is -0.0326. The van der Waals surface area contributed by atoms with Crippen LogP contribution < -0.4 is 5.32 Å². The van der Waals surface area contributed by atoms with Gasteiger partial charge in [-0.1, -0.05) is 0 Å². The molecule has 2 aliphatic rings. The molecule has 0 aromatic carbocycles. The van der Waals surface area contributed by atoms with Gasteiger partial charge in [-0.3, -0.25) is 4.79 Å². The van der Waals surface area contributed by atoms with Crippen LogP contribution in [0.15, 0.2) is 18.5 Å². The van der Waals surface area contributed by atoms with Crippen LogP contribution in [0.2, 0.25) is 0 Å². The molecule has 1 N–H and O–H groups in total. The van der Waals surface area contributed by atoms with Crippen molar-refractivity contribution in [2.24, 2.45) is 5.92 Å². The van der Waals surface area contributed by atoms with E-state index in [1.807, 2.05) is 6.92 Å². The largest absolute Gasteiger partial charge is 0.381 e. The summed E-state index contributed by atoms with van der Waals surface area (Å²) in [7, 11) is 0. The number of rotatable bonds is 5. The number of carbonyl (C=O) groups excluding carboxylic acids is 1. The fraction of sp³-hybridized carbons (Fsp3) is 0.579. The van der Waals surface area contributed by atoms with Gasteiger partial charge in [0.25, 0.3) is 5.91 Å². The number of carbonyl (C=O) groups is 1. The van der Waals surface area contributed by atoms with E-state index in [0.29, 0.717) is 21.6 Å². The zero-order chi connectivity index (χ0) is 18.6. The molecule has 0 radical (unpaired) electrons. The molecule has 2 fully saturated rings. The van der Waals surface area contributed by atoms with Gasteiger partial charge in [-0.25, -0.2) is 15.0 Å². The molecule has 2 saturated heterocycles. The highest BCUT2D eigenvalue weighted by molar-refractivity contribution is 7.17. The molecule has 0 aliphatic carbocycles. The average Bonchev–Trinajstić information content (AvgIpc) is 3.34. The number of amides is 1. The van der Waals surface area contributed by atoms with Crippen molar-refractivity contribution in [3.05, 3.63) is 29.0 Å². The second-order valence-corrected chi connectivity index (χ2v) is 8.28. The number of aromatic nitrogens is 3. The molecule has 2 aliphatic heterocycles. The monoisotopic (exact) mass is 387 g/mol. The summed E-state index contributed by atoms with van der Waals surface area (Å²) in [6.45, 7) is 6.85. The Bertz CT molecular complexity index is 768. The van der Waals surface area contributed by atoms with Gasteiger partial charge in [-0.15, -0.1) is 11.3 Å². The van der Waals surface area contributed by atoms with Crippen molar-refractivity contribution < 1.29 is 9.53 Å². The molecule has 4 heterocycles. The summed E-state index contributed by atoms with van der Waals surface area (Å²) in [5.74, 6) is 1.21. The standard InChI is InChI=1S/C19H25N5O2S/c1-13-16(27-19(22-13)17-20-6-2-7-21-17)18(25)23-15-3-8-24(9-4-15)11-14-5-10-26-12-14/h2,6-7,14-15H,3-5,8-12H2,1H3,(H,23,25). The zero-order valence-corrected chi connectivity index (χ0v) is 16.4. The van der Waals surface area contributed by atoms with Crippen molar-refractivity contribution in [2.45, 2.75) is 32.2 Å². The first kappa shape index (κ1) is 18.5. The lowest BCUT2D eigenvalue weighted by Gasteiger charge is -2.33. The van der Waals surface area contributed by atoms with Crippen LogP contribution in [0.3, 0.4) is 0 Å². The predicted octanol–water partition coefficient (Wildman–Crippen LogP) is 2.14. The third-order valence-corrected chi connectivity index (χ3v) is 6.38. The highest BCUT2D eigenvalue weighted by Gasteiger charge is 2.26. The fourth-order valence-electron chi connectivity index (χ4n) is 3.72. The highest BCUT2D eigenvalue weighted by atomic mass is 32.1. The minimum Gasteiger partial charge on any atom is -0.381 e. The number of ether oxygens (including phenoxy) is 1. The van der Waals surface area contributed by atoms with Crippen LogP contribution in [0.5, 0.6) is 0 Å². The molecular weight excluding hydrogens is 362 g/mol. The minimum absolute atomic E-state index is 0.0326. The summed E-state index contributed by atoms with van der Waals surface area (Å²) < 4.78 is 5.47. The maximum atomic E-state index is 12.7. The Morgan fingerprint density at radius 2 is 2.07 bits per heavy atom. The van der Waals surface area contributed by atoms with Crippen LogP contribution in [0, 0.1) is 12.8 Å². The van der Waals surface area contributed by atoms with Gasteiger partial charge in [-0.05, 0) is 38.2 Å². The first-order valence-electron chi connectivity index (χ1n) is 9.55. The molecule has 2 aromatic heterocycles. The molecule has 1 atom stereocenters. The van der Waals surface area contributed by atoms with Crippen molar-refractivity contribution in [2.75, 3.05) is 32.8 Å². The van der Waals surface area contributed by atoms with Gasteiger partial charge < -0.3 is 15.0 Å². The zero-order valence-electron chi connectivity index (χ0n) is 15.6. The number of piperidine rings is 1. The van der Waals surface area contributed by atoms with E-state index in [0.717, 1.165) is 51.4 Å². The van der Waals surface area contributed by atoms with Gasteiger partial charge in [0.05, 0.1) is 12.3 Å². The SMILES string of the molecule is Cc1nc(-c2ncccn2)sc1C(=O)NC1CCN(CC2CCOC2)CC1. The van der Waals surface area contributed by atoms with Crippen LogP contribution >= 0.6 is 11.3 Å². The molecular formula is C19H25N5O2S. The van der Waals surface area contributed by atoms with E-state index in [2.05, 4.69) is 25.2 Å². The molecule has 1 amide bonds. The highest BCUT2D eigenvalue weighted by Crippen LogP contribution is 2.25. The van der Waals surface area contributed by atoms with Crippen LogP contribution in [-0.4, -0.2) is 64.6 Å². The molecule has 0 spiro atoms. The van der Waals surface area contributed by atoms with Crippen molar-refractivity contribution >= 4 is 17.2 Å². The molecule has 8 heteroatoms. The third kappa shape index (κ3) is 4.51. The number of aryl methyl sites for hydroxylation is 1.